The highest BCUT2D eigenvalue weighted by molar-refractivity contribution is 6.01. The Balaban J connectivity index is 1.71. The van der Waals surface area contributed by atoms with E-state index in [2.05, 4.69) is 10.3 Å². The zero-order valence-corrected chi connectivity index (χ0v) is 13.9. The number of rotatable bonds is 5. The van der Waals surface area contributed by atoms with Crippen LogP contribution in [0.5, 0.6) is 11.5 Å². The lowest BCUT2D eigenvalue weighted by molar-refractivity contribution is 0.174. The normalized spacial score (nSPS) is 12.4. The molecular weight excluding hydrogens is 318 g/mol. The number of aliphatic hydroxyl groups is 1. The largest absolute Gasteiger partial charge is 0.454 e. The minimum Gasteiger partial charge on any atom is -0.454 e. The predicted molar refractivity (Wildman–Crippen MR) is 97.9 cm³/mol. The van der Waals surface area contributed by atoms with Gasteiger partial charge in [-0.2, -0.15) is 0 Å². The first-order valence-electron chi connectivity index (χ1n) is 8.12. The third-order valence-electron chi connectivity index (χ3n) is 4.23. The highest BCUT2D eigenvalue weighted by atomic mass is 16.7. The van der Waals surface area contributed by atoms with Gasteiger partial charge in [0.05, 0.1) is 6.61 Å². The van der Waals surface area contributed by atoms with Crippen molar-refractivity contribution in [1.29, 1.82) is 0 Å². The van der Waals surface area contributed by atoms with Gasteiger partial charge in [-0.15, -0.1) is 0 Å². The molecule has 0 amide bonds. The Bertz CT molecular complexity index is 914. The van der Waals surface area contributed by atoms with Gasteiger partial charge < -0.3 is 24.8 Å². The maximum Gasteiger partial charge on any atom is 0.231 e. The molecule has 25 heavy (non-hydrogen) atoms. The Kier molecular flexibility index (Phi) is 4.03. The van der Waals surface area contributed by atoms with Crippen LogP contribution >= 0.6 is 0 Å². The van der Waals surface area contributed by atoms with Crippen LogP contribution in [0.1, 0.15) is 0 Å². The number of hydrogen-bond donors (Lipinski definition) is 2. The second kappa shape index (κ2) is 6.49. The third kappa shape index (κ3) is 2.92. The molecule has 0 fully saturated rings. The minimum absolute atomic E-state index is 0.0870. The standard InChI is InChI=1S/C19H19N3O3/c1-22(9-10-23)19-15-3-2-4-16(14(15)7-8-20-19)21-13-5-6-17-18(11-13)25-12-24-17/h2-8,11,21,23H,9-10,12H2,1H3. The lowest BCUT2D eigenvalue weighted by Crippen LogP contribution is -2.22. The monoisotopic (exact) mass is 337 g/mol. The first kappa shape index (κ1) is 15.5. The van der Waals surface area contributed by atoms with Crippen molar-refractivity contribution < 1.29 is 14.6 Å². The Labute approximate surface area is 145 Å². The van der Waals surface area contributed by atoms with Crippen molar-refractivity contribution >= 4 is 28.0 Å². The van der Waals surface area contributed by atoms with Crippen LogP contribution in [0.4, 0.5) is 17.2 Å². The number of pyridine rings is 1. The molecule has 6 nitrogen and oxygen atoms in total. The van der Waals surface area contributed by atoms with Gasteiger partial charge in [0.15, 0.2) is 11.5 Å². The molecule has 0 unspecified atom stereocenters. The Morgan fingerprint density at radius 3 is 2.88 bits per heavy atom. The second-order valence-corrected chi connectivity index (χ2v) is 5.87. The lowest BCUT2D eigenvalue weighted by Gasteiger charge is -2.19. The van der Waals surface area contributed by atoms with E-state index in [0.717, 1.165) is 39.5 Å². The van der Waals surface area contributed by atoms with Gasteiger partial charge >= 0.3 is 0 Å². The van der Waals surface area contributed by atoms with Crippen molar-refractivity contribution in [1.82, 2.24) is 4.98 Å². The summed E-state index contributed by atoms with van der Waals surface area (Å²) in [6.45, 7) is 0.884. The number of likely N-dealkylation sites (N-methyl/N-ethyl adjacent to an activating group) is 1. The summed E-state index contributed by atoms with van der Waals surface area (Å²) < 4.78 is 10.8. The molecule has 1 aliphatic heterocycles. The van der Waals surface area contributed by atoms with Gasteiger partial charge in [-0.1, -0.05) is 12.1 Å². The molecule has 2 N–H and O–H groups in total. The Morgan fingerprint density at radius 1 is 1.12 bits per heavy atom. The summed E-state index contributed by atoms with van der Waals surface area (Å²) in [5, 5.41) is 14.7. The second-order valence-electron chi connectivity index (χ2n) is 5.87. The number of aromatic nitrogens is 1. The van der Waals surface area contributed by atoms with E-state index in [1.165, 1.54) is 0 Å². The number of nitrogens with zero attached hydrogens (tertiary/aromatic N) is 2. The zero-order chi connectivity index (χ0) is 17.2. The van der Waals surface area contributed by atoms with Gasteiger partial charge in [0.2, 0.25) is 6.79 Å². The predicted octanol–water partition coefficient (Wildman–Crippen LogP) is 3.14. The van der Waals surface area contributed by atoms with Crippen LogP contribution in [-0.4, -0.2) is 37.1 Å². The van der Waals surface area contributed by atoms with Crippen LogP contribution in [0.15, 0.2) is 48.7 Å². The van der Waals surface area contributed by atoms with E-state index in [4.69, 9.17) is 9.47 Å². The summed E-state index contributed by atoms with van der Waals surface area (Å²) in [5.41, 5.74) is 1.91. The van der Waals surface area contributed by atoms with E-state index >= 15 is 0 Å². The van der Waals surface area contributed by atoms with E-state index in [1.807, 2.05) is 54.4 Å². The maximum absolute atomic E-state index is 9.19. The topological polar surface area (TPSA) is 66.9 Å². The first-order valence-corrected chi connectivity index (χ1v) is 8.12. The molecule has 0 saturated carbocycles. The van der Waals surface area contributed by atoms with Gasteiger partial charge in [0.1, 0.15) is 5.82 Å². The van der Waals surface area contributed by atoms with E-state index in [9.17, 15) is 5.11 Å². The molecule has 2 heterocycles. The smallest absolute Gasteiger partial charge is 0.231 e. The van der Waals surface area contributed by atoms with Crippen LogP contribution in [0, 0.1) is 0 Å². The summed E-state index contributed by atoms with van der Waals surface area (Å²) in [6, 6.07) is 13.8. The third-order valence-corrected chi connectivity index (χ3v) is 4.23. The molecule has 4 rings (SSSR count). The average Bonchev–Trinajstić information content (AvgIpc) is 3.09. The van der Waals surface area contributed by atoms with Gasteiger partial charge in [-0.3, -0.25) is 0 Å². The molecule has 0 saturated heterocycles. The first-order chi connectivity index (χ1) is 12.3. The Hall–Kier alpha value is -2.99. The number of aliphatic hydroxyl groups excluding tert-OH is 1. The van der Waals surface area contributed by atoms with E-state index in [1.54, 1.807) is 6.20 Å². The van der Waals surface area contributed by atoms with Crippen LogP contribution in [0.3, 0.4) is 0 Å². The summed E-state index contributed by atoms with van der Waals surface area (Å²) in [6.07, 6.45) is 1.79. The highest BCUT2D eigenvalue weighted by Crippen LogP contribution is 2.36. The van der Waals surface area contributed by atoms with Crippen LogP contribution in [0.2, 0.25) is 0 Å². The van der Waals surface area contributed by atoms with Crippen molar-refractivity contribution in [2.45, 2.75) is 0 Å². The van der Waals surface area contributed by atoms with E-state index in [0.29, 0.717) is 6.54 Å². The highest BCUT2D eigenvalue weighted by Gasteiger charge is 2.14. The van der Waals surface area contributed by atoms with Crippen molar-refractivity contribution in [2.24, 2.45) is 0 Å². The van der Waals surface area contributed by atoms with Crippen molar-refractivity contribution in [2.75, 3.05) is 37.2 Å². The molecule has 0 spiro atoms. The van der Waals surface area contributed by atoms with Crippen LogP contribution in [0.25, 0.3) is 10.8 Å². The molecule has 2 aromatic carbocycles. The number of nitrogens with one attached hydrogen (secondary N) is 1. The lowest BCUT2D eigenvalue weighted by atomic mass is 10.1. The van der Waals surface area contributed by atoms with Crippen molar-refractivity contribution in [3.8, 4) is 11.5 Å². The van der Waals surface area contributed by atoms with Crippen molar-refractivity contribution in [3.63, 3.8) is 0 Å². The Morgan fingerprint density at radius 2 is 2.00 bits per heavy atom. The van der Waals surface area contributed by atoms with Crippen molar-refractivity contribution in [3.05, 3.63) is 48.7 Å². The summed E-state index contributed by atoms with van der Waals surface area (Å²) in [7, 11) is 1.93. The average molecular weight is 337 g/mol. The molecule has 0 radical (unpaired) electrons. The fourth-order valence-corrected chi connectivity index (χ4v) is 2.99. The molecule has 0 atom stereocenters. The van der Waals surface area contributed by atoms with E-state index in [-0.39, 0.29) is 13.4 Å². The molecule has 0 aliphatic carbocycles. The maximum atomic E-state index is 9.19. The van der Waals surface area contributed by atoms with Crippen LogP contribution < -0.4 is 19.7 Å². The number of hydrogen-bond acceptors (Lipinski definition) is 6. The van der Waals surface area contributed by atoms with Gasteiger partial charge in [0.25, 0.3) is 0 Å². The number of fused-ring (bicyclic) bond motifs is 2. The SMILES string of the molecule is CN(CCO)c1nccc2c(Nc3ccc4c(c3)OCO4)cccc12. The molecule has 3 aromatic rings. The number of anilines is 3. The molecule has 0 bridgehead atoms. The van der Waals surface area contributed by atoms with Gasteiger partial charge in [0, 0.05) is 48.0 Å². The van der Waals surface area contributed by atoms with Gasteiger partial charge in [-0.05, 0) is 24.3 Å². The quantitative estimate of drug-likeness (QED) is 0.746. The van der Waals surface area contributed by atoms with Crippen LogP contribution in [-0.2, 0) is 0 Å². The molecule has 128 valence electrons. The minimum atomic E-state index is 0.0870. The van der Waals surface area contributed by atoms with E-state index < -0.39 is 0 Å². The summed E-state index contributed by atoms with van der Waals surface area (Å²) >= 11 is 0. The molecule has 1 aliphatic rings. The number of ether oxygens (including phenoxy) is 2. The molecular formula is C19H19N3O3. The number of benzene rings is 2. The zero-order valence-electron chi connectivity index (χ0n) is 13.9. The summed E-state index contributed by atoms with van der Waals surface area (Å²) in [4.78, 5) is 6.42. The molecule has 1 aromatic heterocycles. The summed E-state index contributed by atoms with van der Waals surface area (Å²) in [5.74, 6) is 2.36. The fraction of sp³-hybridized carbons (Fsp3) is 0.211. The molecule has 6 heteroatoms. The fourth-order valence-electron chi connectivity index (χ4n) is 2.99. The van der Waals surface area contributed by atoms with Gasteiger partial charge in [-0.25, -0.2) is 4.98 Å².